The van der Waals surface area contributed by atoms with Gasteiger partial charge in [-0.15, -0.1) is 12.4 Å². The second-order valence-corrected chi connectivity index (χ2v) is 4.48. The zero-order chi connectivity index (χ0) is 11.7. The average Bonchev–Trinajstić information content (AvgIpc) is 2.91. The molecule has 3 heteroatoms. The van der Waals surface area contributed by atoms with Crippen LogP contribution in [0.2, 0.25) is 0 Å². The Bertz CT molecular complexity index is 572. The van der Waals surface area contributed by atoms with E-state index in [9.17, 15) is 0 Å². The molecule has 1 aliphatic heterocycles. The second-order valence-electron chi connectivity index (χ2n) is 4.48. The molecular formula is C15H17ClN2. The summed E-state index contributed by atoms with van der Waals surface area (Å²) in [5.74, 6) is 1.48. The minimum atomic E-state index is 0. The number of benzene rings is 2. The van der Waals surface area contributed by atoms with Gasteiger partial charge >= 0.3 is 0 Å². The minimum Gasteiger partial charge on any atom is -0.371 e. The van der Waals surface area contributed by atoms with Crippen molar-refractivity contribution in [3.05, 3.63) is 48.0 Å². The molecule has 0 aliphatic carbocycles. The van der Waals surface area contributed by atoms with Gasteiger partial charge in [0.05, 0.1) is 6.54 Å². The molecule has 0 spiro atoms. The molecule has 18 heavy (non-hydrogen) atoms. The van der Waals surface area contributed by atoms with E-state index in [1.165, 1.54) is 16.3 Å². The summed E-state index contributed by atoms with van der Waals surface area (Å²) in [6, 6.07) is 15.0. The van der Waals surface area contributed by atoms with Crippen LogP contribution in [0.15, 0.2) is 47.5 Å². The fraction of sp³-hybridized carbons (Fsp3) is 0.267. The van der Waals surface area contributed by atoms with E-state index < -0.39 is 0 Å². The Hall–Kier alpha value is -1.54. The number of nitrogens with one attached hydrogen (secondary N) is 1. The molecule has 1 aliphatic rings. The first kappa shape index (κ1) is 12.9. The number of amidine groups is 1. The zero-order valence-electron chi connectivity index (χ0n) is 10.4. The maximum absolute atomic E-state index is 4.52. The van der Waals surface area contributed by atoms with Gasteiger partial charge in [0.1, 0.15) is 5.84 Å². The molecule has 0 amide bonds. The first-order valence-electron chi connectivity index (χ1n) is 6.12. The summed E-state index contributed by atoms with van der Waals surface area (Å²) >= 11 is 0. The van der Waals surface area contributed by atoms with Crippen LogP contribution in [0.3, 0.4) is 0 Å². The topological polar surface area (TPSA) is 24.4 Å². The molecule has 2 aromatic carbocycles. The molecule has 2 nitrogen and oxygen atoms in total. The van der Waals surface area contributed by atoms with Gasteiger partial charge in [0.25, 0.3) is 0 Å². The van der Waals surface area contributed by atoms with Gasteiger partial charge < -0.3 is 5.32 Å². The maximum Gasteiger partial charge on any atom is 0.104 e. The van der Waals surface area contributed by atoms with Crippen molar-refractivity contribution in [1.82, 2.24) is 5.32 Å². The van der Waals surface area contributed by atoms with Crippen molar-refractivity contribution in [2.24, 2.45) is 4.99 Å². The number of halogens is 1. The summed E-state index contributed by atoms with van der Waals surface area (Å²) in [7, 11) is 0. The fourth-order valence-electron chi connectivity index (χ4n) is 2.48. The number of rotatable bonds is 2. The third-order valence-corrected chi connectivity index (χ3v) is 3.40. The van der Waals surface area contributed by atoms with Gasteiger partial charge in [0, 0.05) is 12.5 Å². The van der Waals surface area contributed by atoms with Crippen molar-refractivity contribution in [2.75, 3.05) is 13.1 Å². The molecule has 0 bridgehead atoms. The molecule has 0 saturated heterocycles. The zero-order valence-corrected chi connectivity index (χ0v) is 11.2. The van der Waals surface area contributed by atoms with Crippen molar-refractivity contribution >= 4 is 29.0 Å². The van der Waals surface area contributed by atoms with E-state index in [1.54, 1.807) is 0 Å². The lowest BCUT2D eigenvalue weighted by molar-refractivity contribution is 0.923. The summed E-state index contributed by atoms with van der Waals surface area (Å²) in [5.41, 5.74) is 1.36. The largest absolute Gasteiger partial charge is 0.371 e. The van der Waals surface area contributed by atoms with Crippen molar-refractivity contribution in [2.45, 2.75) is 12.8 Å². The molecule has 1 heterocycles. The van der Waals surface area contributed by atoms with Crippen LogP contribution in [0.25, 0.3) is 10.8 Å². The SMILES string of the molecule is CC(C1=NCCN1)c1cccc2ccccc12.Cl. The van der Waals surface area contributed by atoms with Gasteiger partial charge in [0.2, 0.25) is 0 Å². The van der Waals surface area contributed by atoms with Gasteiger partial charge in [-0.05, 0) is 16.3 Å². The summed E-state index contributed by atoms with van der Waals surface area (Å²) in [6.07, 6.45) is 0. The summed E-state index contributed by atoms with van der Waals surface area (Å²) in [5, 5.41) is 6.00. The molecule has 0 radical (unpaired) electrons. The molecule has 1 atom stereocenters. The first-order chi connectivity index (χ1) is 8.36. The van der Waals surface area contributed by atoms with Gasteiger partial charge in [-0.1, -0.05) is 49.4 Å². The number of hydrogen-bond acceptors (Lipinski definition) is 2. The number of fused-ring (bicyclic) bond motifs is 1. The summed E-state index contributed by atoms with van der Waals surface area (Å²) < 4.78 is 0. The van der Waals surface area contributed by atoms with Crippen molar-refractivity contribution < 1.29 is 0 Å². The van der Waals surface area contributed by atoms with Crippen LogP contribution in [0, 0.1) is 0 Å². The van der Waals surface area contributed by atoms with Gasteiger partial charge in [-0.2, -0.15) is 0 Å². The lowest BCUT2D eigenvalue weighted by Gasteiger charge is -2.15. The number of aliphatic imine (C=N–C) groups is 1. The lowest BCUT2D eigenvalue weighted by Crippen LogP contribution is -2.24. The Morgan fingerprint density at radius 2 is 1.89 bits per heavy atom. The Morgan fingerprint density at radius 3 is 2.67 bits per heavy atom. The van der Waals surface area contributed by atoms with E-state index in [1.807, 2.05) is 0 Å². The van der Waals surface area contributed by atoms with Crippen molar-refractivity contribution in [3.63, 3.8) is 0 Å². The van der Waals surface area contributed by atoms with E-state index in [-0.39, 0.29) is 12.4 Å². The first-order valence-corrected chi connectivity index (χ1v) is 6.12. The molecule has 0 fully saturated rings. The Balaban J connectivity index is 0.00000120. The quantitative estimate of drug-likeness (QED) is 0.880. The Morgan fingerprint density at radius 1 is 1.11 bits per heavy atom. The van der Waals surface area contributed by atoms with E-state index in [0.717, 1.165) is 18.9 Å². The lowest BCUT2D eigenvalue weighted by atomic mass is 9.94. The smallest absolute Gasteiger partial charge is 0.104 e. The van der Waals surface area contributed by atoms with Gasteiger partial charge in [0.15, 0.2) is 0 Å². The molecule has 3 rings (SSSR count). The fourth-order valence-corrected chi connectivity index (χ4v) is 2.48. The van der Waals surface area contributed by atoms with Crippen LogP contribution < -0.4 is 5.32 Å². The normalized spacial score (nSPS) is 15.7. The summed E-state index contributed by atoms with van der Waals surface area (Å²) in [4.78, 5) is 4.52. The average molecular weight is 261 g/mol. The molecule has 1 N–H and O–H groups in total. The predicted octanol–water partition coefficient (Wildman–Crippen LogP) is 3.37. The molecule has 2 aromatic rings. The minimum absolute atomic E-state index is 0. The van der Waals surface area contributed by atoms with Crippen LogP contribution in [-0.2, 0) is 0 Å². The molecule has 94 valence electrons. The third-order valence-electron chi connectivity index (χ3n) is 3.40. The third kappa shape index (κ3) is 2.21. The van der Waals surface area contributed by atoms with Crippen molar-refractivity contribution in [3.8, 4) is 0 Å². The summed E-state index contributed by atoms with van der Waals surface area (Å²) in [6.45, 7) is 4.10. The van der Waals surface area contributed by atoms with Crippen LogP contribution in [0.1, 0.15) is 18.4 Å². The molecule has 0 aromatic heterocycles. The Labute approximate surface area is 114 Å². The Kier molecular flexibility index (Phi) is 3.87. The highest BCUT2D eigenvalue weighted by Crippen LogP contribution is 2.26. The monoisotopic (exact) mass is 260 g/mol. The van der Waals surface area contributed by atoms with Crippen molar-refractivity contribution in [1.29, 1.82) is 0 Å². The maximum atomic E-state index is 4.52. The second kappa shape index (κ2) is 5.40. The molecular weight excluding hydrogens is 244 g/mol. The standard InChI is InChI=1S/C15H16N2.ClH/c1-11(15-16-9-10-17-15)13-8-4-6-12-5-2-3-7-14(12)13;/h2-8,11H,9-10H2,1H3,(H,16,17);1H. The highest BCUT2D eigenvalue weighted by molar-refractivity contribution is 5.95. The van der Waals surface area contributed by atoms with E-state index in [2.05, 4.69) is 59.7 Å². The molecule has 1 unspecified atom stereocenters. The highest BCUT2D eigenvalue weighted by atomic mass is 35.5. The van der Waals surface area contributed by atoms with Crippen LogP contribution in [0.4, 0.5) is 0 Å². The molecule has 0 saturated carbocycles. The number of hydrogen-bond donors (Lipinski definition) is 1. The van der Waals surface area contributed by atoms with Gasteiger partial charge in [-0.25, -0.2) is 0 Å². The van der Waals surface area contributed by atoms with Crippen LogP contribution in [0.5, 0.6) is 0 Å². The van der Waals surface area contributed by atoms with Crippen LogP contribution in [-0.4, -0.2) is 18.9 Å². The van der Waals surface area contributed by atoms with E-state index in [4.69, 9.17) is 0 Å². The van der Waals surface area contributed by atoms with E-state index >= 15 is 0 Å². The predicted molar refractivity (Wildman–Crippen MR) is 79.9 cm³/mol. The highest BCUT2D eigenvalue weighted by Gasteiger charge is 2.17. The van der Waals surface area contributed by atoms with Gasteiger partial charge in [-0.3, -0.25) is 4.99 Å². The number of nitrogens with zero attached hydrogens (tertiary/aromatic N) is 1. The van der Waals surface area contributed by atoms with E-state index in [0.29, 0.717) is 5.92 Å². The van der Waals surface area contributed by atoms with Crippen LogP contribution >= 0.6 is 12.4 Å².